The molecule has 16 rings (SSSR count). The van der Waals surface area contributed by atoms with Crippen LogP contribution in [0.15, 0.2) is 243 Å². The van der Waals surface area contributed by atoms with E-state index in [9.17, 15) is 47.1 Å². The van der Waals surface area contributed by atoms with Crippen LogP contribution in [0.5, 0.6) is 11.5 Å². The van der Waals surface area contributed by atoms with Crippen molar-refractivity contribution in [3.8, 4) is 11.5 Å². The SMILES string of the molecule is COc1cc(C)cc(C(=O)Nc2ccc(Cl)cn2)c1NC(=O)c1ccc(C2=NCCN2C)cc1.COc1cc(C)cc(C(=O)Nc2ccc(Cl)cn2)c1NC(=O)c1ccc(C2=NCCN2C)cc1F.Cc1ccc(NC(=O)c2ccc(C3=NCCN3C)cc2)c(C(=O)Nc2ccc(Br)cn2)c1.Cc1ccc(NC(=O)c2ccc(C3=NCCN3C)cc2F)c(C(=O)Nc2ccc(Cl)cn2)c1. The average Bonchev–Trinajstić information content (AvgIpc) is 0.900. The van der Waals surface area contributed by atoms with Crippen molar-refractivity contribution in [1.29, 1.82) is 0 Å². The second kappa shape index (κ2) is 44.2. The molecule has 8 heterocycles. The first-order valence-corrected chi connectivity index (χ1v) is 43.7. The van der Waals surface area contributed by atoms with Crippen molar-refractivity contribution >= 4 is 167 Å². The molecule has 0 saturated heterocycles. The van der Waals surface area contributed by atoms with Crippen LogP contribution in [0.1, 0.15) is 127 Å². The fourth-order valence-electron chi connectivity index (χ4n) is 14.2. The van der Waals surface area contributed by atoms with Crippen molar-refractivity contribution in [2.45, 2.75) is 27.7 Å². The lowest BCUT2D eigenvalue weighted by Gasteiger charge is -2.17. The van der Waals surface area contributed by atoms with Crippen LogP contribution in [0.3, 0.4) is 0 Å². The number of likely N-dealkylation sites (N-methyl/N-ethyl adjacent to an activating group) is 4. The molecule has 0 unspecified atom stereocenters. The Hall–Kier alpha value is -15.2. The van der Waals surface area contributed by atoms with E-state index in [2.05, 4.69) is 108 Å². The minimum absolute atomic E-state index is 0.109. The van der Waals surface area contributed by atoms with Gasteiger partial charge in [-0.05, 0) is 200 Å². The number of amidine groups is 4. The van der Waals surface area contributed by atoms with Crippen molar-refractivity contribution in [1.82, 2.24) is 39.5 Å². The Bertz CT molecular complexity index is 6620. The van der Waals surface area contributed by atoms with Gasteiger partial charge in [-0.3, -0.25) is 58.3 Å². The Balaban J connectivity index is 0.000000152. The molecule has 4 aromatic heterocycles. The molecular weight excluding hydrogens is 1840 g/mol. The zero-order valence-corrected chi connectivity index (χ0v) is 78.0. The number of nitrogens with zero attached hydrogens (tertiary/aromatic N) is 12. The molecule has 684 valence electrons. The molecule has 0 aliphatic carbocycles. The van der Waals surface area contributed by atoms with Gasteiger partial charge in [-0.15, -0.1) is 0 Å². The number of rotatable bonds is 22. The number of pyridine rings is 4. The highest BCUT2D eigenvalue weighted by molar-refractivity contribution is 9.10. The van der Waals surface area contributed by atoms with E-state index < -0.39 is 41.2 Å². The van der Waals surface area contributed by atoms with Crippen LogP contribution in [-0.4, -0.2) is 205 Å². The molecule has 0 radical (unpaired) electrons. The third-order valence-electron chi connectivity index (χ3n) is 21.1. The van der Waals surface area contributed by atoms with Gasteiger partial charge in [-0.25, -0.2) is 28.7 Å². The Kier molecular flexibility index (Phi) is 31.8. The number of ether oxygens (including phenoxy) is 2. The lowest BCUT2D eigenvalue weighted by molar-refractivity contribution is 0.100. The Morgan fingerprint density at radius 2 is 0.619 bits per heavy atom. The van der Waals surface area contributed by atoms with Gasteiger partial charge in [-0.2, -0.15) is 0 Å². The summed E-state index contributed by atoms with van der Waals surface area (Å²) < 4.78 is 41.4. The van der Waals surface area contributed by atoms with E-state index in [0.717, 1.165) is 88.8 Å². The zero-order valence-electron chi connectivity index (χ0n) is 74.2. The number of nitrogens with one attached hydrogen (secondary N) is 8. The first-order valence-electron chi connectivity index (χ1n) is 41.7. The number of carbonyl (C=O) groups excluding carboxylic acids is 8. The van der Waals surface area contributed by atoms with Gasteiger partial charge in [0, 0.05) is 117 Å². The number of anilines is 8. The summed E-state index contributed by atoms with van der Waals surface area (Å²) in [4.78, 5) is 146. The van der Waals surface area contributed by atoms with Gasteiger partial charge < -0.3 is 71.6 Å². The highest BCUT2D eigenvalue weighted by Crippen LogP contribution is 2.35. The van der Waals surface area contributed by atoms with Crippen LogP contribution in [-0.2, 0) is 0 Å². The maximum absolute atomic E-state index is 14.9. The van der Waals surface area contributed by atoms with Gasteiger partial charge in [0.1, 0.15) is 69.7 Å². The molecule has 30 nitrogen and oxygen atoms in total. The van der Waals surface area contributed by atoms with Crippen LogP contribution < -0.4 is 52.0 Å². The van der Waals surface area contributed by atoms with Crippen LogP contribution >= 0.6 is 50.7 Å². The highest BCUT2D eigenvalue weighted by Gasteiger charge is 2.28. The molecule has 0 saturated carbocycles. The van der Waals surface area contributed by atoms with Gasteiger partial charge in [0.05, 0.1) is 112 Å². The predicted molar refractivity (Wildman–Crippen MR) is 523 cm³/mol. The third-order valence-corrected chi connectivity index (χ3v) is 22.2. The fourth-order valence-corrected chi connectivity index (χ4v) is 14.8. The van der Waals surface area contributed by atoms with Crippen LogP contribution in [0.25, 0.3) is 0 Å². The van der Waals surface area contributed by atoms with Gasteiger partial charge >= 0.3 is 0 Å². The molecule has 134 heavy (non-hydrogen) atoms. The standard InChI is InChI=1S/C25H23ClFN5O3.C25H24ClN5O3.C24H22BrN5O2.C24H21ClFN5O2/c1-14-10-18(25(34)30-21-7-5-16(26)13-29-21)22(20(11-14)35-3)31-24(33)17-6-4-15(12-19(17)27)23-28-8-9-32(23)2;1-15-12-19(25(33)29-21-9-8-18(26)14-28-21)22(20(13-15)34-3)30-24(32)17-6-4-16(5-7-17)23-27-10-11-31(23)2;1-15-3-9-20(19(13-15)24(32)29-21-10-8-18(25)14-27-21)28-23(31)17-6-4-16(5-7-17)22-26-11-12-30(22)2;1-14-3-7-20(18(11-14)24(33)30-21-8-5-16(25)13-28-21)29-23(32)17-6-4-15(12-19(17)26)22-27-9-10-31(22)2/h4-7,10-13H,8-9H2,1-3H3,(H,31,33)(H,29,30,34);4-9,12-14H,10-11H2,1-3H3,(H,30,32)(H,28,29,33);3-10,13-14H,11-12H2,1-2H3,(H,28,31)(H,27,29,32);3-8,11-13H,9-10H2,1-2H3,(H,29,32)(H,28,30,33). The van der Waals surface area contributed by atoms with Crippen molar-refractivity contribution in [2.75, 3.05) is 137 Å². The van der Waals surface area contributed by atoms with E-state index in [4.69, 9.17) is 44.3 Å². The number of aryl methyl sites for hydroxylation is 4. The van der Waals surface area contributed by atoms with E-state index >= 15 is 0 Å². The summed E-state index contributed by atoms with van der Waals surface area (Å²) in [6.07, 6.45) is 5.86. The van der Waals surface area contributed by atoms with E-state index in [1.165, 1.54) is 57.1 Å². The number of aromatic nitrogens is 4. The Labute approximate surface area is 794 Å². The quantitative estimate of drug-likeness (QED) is 0.0312. The van der Waals surface area contributed by atoms with E-state index in [0.29, 0.717) is 96.5 Å². The summed E-state index contributed by atoms with van der Waals surface area (Å²) in [7, 11) is 10.7. The molecule has 36 heteroatoms. The van der Waals surface area contributed by atoms with E-state index in [-0.39, 0.29) is 74.2 Å². The van der Waals surface area contributed by atoms with Crippen molar-refractivity contribution in [3.63, 3.8) is 0 Å². The molecule has 4 aliphatic rings. The number of hydrogen-bond donors (Lipinski definition) is 8. The molecule has 12 aromatic rings. The number of aliphatic imine (C=N–C) groups is 4. The van der Waals surface area contributed by atoms with Crippen LogP contribution in [0.2, 0.25) is 15.1 Å². The maximum atomic E-state index is 14.9. The number of carbonyl (C=O) groups is 8. The van der Waals surface area contributed by atoms with Gasteiger partial charge in [-0.1, -0.05) is 94.5 Å². The molecule has 0 atom stereocenters. The number of methoxy groups -OCH3 is 2. The van der Waals surface area contributed by atoms with Gasteiger partial charge in [0.2, 0.25) is 0 Å². The smallest absolute Gasteiger partial charge is 0.259 e. The monoisotopic (exact) mass is 1930 g/mol. The minimum Gasteiger partial charge on any atom is -0.495 e. The highest BCUT2D eigenvalue weighted by atomic mass is 79.9. The van der Waals surface area contributed by atoms with E-state index in [1.54, 1.807) is 153 Å². The van der Waals surface area contributed by atoms with Gasteiger partial charge in [0.15, 0.2) is 0 Å². The summed E-state index contributed by atoms with van der Waals surface area (Å²) in [6, 6.07) is 53.2. The Morgan fingerprint density at radius 3 is 0.940 bits per heavy atom. The first kappa shape index (κ1) is 96.4. The predicted octanol–water partition coefficient (Wildman–Crippen LogP) is 17.4. The zero-order chi connectivity index (χ0) is 95.6. The van der Waals surface area contributed by atoms with Crippen molar-refractivity contribution in [2.24, 2.45) is 20.0 Å². The number of halogens is 6. The number of benzene rings is 8. The lowest BCUT2D eigenvalue weighted by Crippen LogP contribution is -2.24. The van der Waals surface area contributed by atoms with Crippen molar-refractivity contribution < 1.29 is 56.6 Å². The van der Waals surface area contributed by atoms with E-state index in [1.807, 2.05) is 89.1 Å². The summed E-state index contributed by atoms with van der Waals surface area (Å²) >= 11 is 20.9. The molecule has 0 spiro atoms. The summed E-state index contributed by atoms with van der Waals surface area (Å²) in [6.45, 7) is 13.5. The second-order valence-corrected chi connectivity index (χ2v) is 33.2. The molecular formula is C98H90BrCl3F2N20O10. The normalized spacial score (nSPS) is 12.9. The van der Waals surface area contributed by atoms with Crippen LogP contribution in [0, 0.1) is 39.3 Å². The summed E-state index contributed by atoms with van der Waals surface area (Å²) in [5, 5.41) is 23.1. The molecule has 0 bridgehead atoms. The fraction of sp³-hybridized carbons (Fsp3) is 0.184. The Morgan fingerprint density at radius 1 is 0.321 bits per heavy atom. The van der Waals surface area contributed by atoms with Gasteiger partial charge in [0.25, 0.3) is 47.3 Å². The number of hydrogen-bond acceptors (Lipinski definition) is 22. The summed E-state index contributed by atoms with van der Waals surface area (Å²) in [5.74, 6) is -0.0455. The molecule has 8 amide bonds. The lowest BCUT2D eigenvalue weighted by atomic mass is 10.1. The third kappa shape index (κ3) is 24.5. The molecule has 8 aromatic carbocycles. The minimum atomic E-state index is -0.725. The largest absolute Gasteiger partial charge is 0.495 e. The molecule has 8 N–H and O–H groups in total. The number of amides is 8. The van der Waals surface area contributed by atoms with Crippen molar-refractivity contribution in [3.05, 3.63) is 339 Å². The molecule has 0 fully saturated rings. The topological polar surface area (TPSA) is 365 Å². The first-order chi connectivity index (χ1) is 64.3. The maximum Gasteiger partial charge on any atom is 0.259 e. The van der Waals surface area contributed by atoms with Crippen LogP contribution in [0.4, 0.5) is 54.8 Å². The molecule has 4 aliphatic heterocycles. The second-order valence-electron chi connectivity index (χ2n) is 31.0. The average molecular weight is 1930 g/mol. The summed E-state index contributed by atoms with van der Waals surface area (Å²) in [5.41, 5.74) is 9.02.